The molecular formula is C32H40ClN3O3. The highest BCUT2D eigenvalue weighted by atomic mass is 35.5. The van der Waals surface area contributed by atoms with Crippen LogP contribution in [0.15, 0.2) is 78.9 Å². The van der Waals surface area contributed by atoms with Crippen LogP contribution < -0.4 is 15.4 Å². The topological polar surface area (TPSA) is 70.7 Å². The summed E-state index contributed by atoms with van der Waals surface area (Å²) < 4.78 is 5.17. The van der Waals surface area contributed by atoms with Gasteiger partial charge in [0, 0.05) is 37.5 Å². The third-order valence-corrected chi connectivity index (χ3v) is 6.97. The zero-order valence-electron chi connectivity index (χ0n) is 23.4. The van der Waals surface area contributed by atoms with E-state index in [1.165, 1.54) is 5.56 Å². The fourth-order valence-corrected chi connectivity index (χ4v) is 4.83. The largest absolute Gasteiger partial charge is 0.497 e. The molecule has 0 aromatic heterocycles. The van der Waals surface area contributed by atoms with Gasteiger partial charge in [-0.05, 0) is 52.9 Å². The van der Waals surface area contributed by atoms with Crippen LogP contribution in [-0.2, 0) is 16.1 Å². The number of benzene rings is 3. The Hall–Kier alpha value is -3.35. The van der Waals surface area contributed by atoms with E-state index in [-0.39, 0.29) is 30.7 Å². The molecule has 0 bridgehead atoms. The van der Waals surface area contributed by atoms with Crippen molar-refractivity contribution in [1.29, 1.82) is 0 Å². The number of nitrogens with zero attached hydrogens (tertiary/aromatic N) is 1. The molecule has 1 unspecified atom stereocenters. The van der Waals surface area contributed by atoms with E-state index in [1.807, 2.05) is 68.4 Å². The van der Waals surface area contributed by atoms with Crippen LogP contribution in [0, 0.1) is 5.41 Å². The highest BCUT2D eigenvalue weighted by molar-refractivity contribution is 6.30. The van der Waals surface area contributed by atoms with Crippen LogP contribution in [0.4, 0.5) is 0 Å². The number of halogens is 1. The van der Waals surface area contributed by atoms with Gasteiger partial charge in [-0.15, -0.1) is 0 Å². The van der Waals surface area contributed by atoms with Gasteiger partial charge < -0.3 is 15.4 Å². The number of rotatable bonds is 14. The van der Waals surface area contributed by atoms with Gasteiger partial charge in [0.25, 0.3) is 0 Å². The van der Waals surface area contributed by atoms with Crippen molar-refractivity contribution >= 4 is 23.4 Å². The Morgan fingerprint density at radius 1 is 0.872 bits per heavy atom. The van der Waals surface area contributed by atoms with Gasteiger partial charge in [-0.1, -0.05) is 87.0 Å². The van der Waals surface area contributed by atoms with Crippen molar-refractivity contribution < 1.29 is 14.3 Å². The summed E-state index contributed by atoms with van der Waals surface area (Å²) in [6, 6.07) is 25.9. The summed E-state index contributed by atoms with van der Waals surface area (Å²) in [7, 11) is 1.62. The van der Waals surface area contributed by atoms with E-state index >= 15 is 0 Å². The van der Waals surface area contributed by atoms with Gasteiger partial charge in [-0.2, -0.15) is 0 Å². The number of carbonyl (C=O) groups excluding carboxylic acids is 2. The van der Waals surface area contributed by atoms with Crippen LogP contribution >= 0.6 is 11.6 Å². The van der Waals surface area contributed by atoms with Crippen LogP contribution in [0.5, 0.6) is 5.75 Å². The molecule has 39 heavy (non-hydrogen) atoms. The first-order valence-electron chi connectivity index (χ1n) is 13.4. The van der Waals surface area contributed by atoms with E-state index < -0.39 is 5.41 Å². The van der Waals surface area contributed by atoms with E-state index in [0.29, 0.717) is 24.7 Å². The standard InChI is InChI=1S/C32H40ClN3O3/c1-5-36(31(25-9-7-6-8-10-25)26-13-15-27(33)16-14-26)20-19-34-29(37)21-32(2,3)22-30(38)35-23-24-11-17-28(39-4)18-12-24/h6-18,31H,5,19-23H2,1-4H3,(H,34,37)(H,35,38). The fourth-order valence-electron chi connectivity index (χ4n) is 4.70. The molecule has 0 aliphatic rings. The van der Waals surface area contributed by atoms with Crippen molar-refractivity contribution in [3.8, 4) is 5.75 Å². The molecule has 3 aromatic carbocycles. The molecule has 0 aliphatic heterocycles. The number of carbonyl (C=O) groups is 2. The molecule has 208 valence electrons. The van der Waals surface area contributed by atoms with Gasteiger partial charge in [-0.25, -0.2) is 0 Å². The van der Waals surface area contributed by atoms with E-state index in [1.54, 1.807) is 7.11 Å². The molecule has 0 heterocycles. The number of likely N-dealkylation sites (N-methyl/N-ethyl adjacent to an activating group) is 1. The quantitative estimate of drug-likeness (QED) is 0.259. The monoisotopic (exact) mass is 549 g/mol. The number of nitrogens with one attached hydrogen (secondary N) is 2. The van der Waals surface area contributed by atoms with Crippen LogP contribution in [0.1, 0.15) is 56.3 Å². The second-order valence-corrected chi connectivity index (χ2v) is 10.9. The Morgan fingerprint density at radius 3 is 2.05 bits per heavy atom. The lowest BCUT2D eigenvalue weighted by molar-refractivity contribution is -0.126. The minimum atomic E-state index is -0.464. The summed E-state index contributed by atoms with van der Waals surface area (Å²) in [5.41, 5.74) is 2.87. The maximum absolute atomic E-state index is 12.8. The summed E-state index contributed by atoms with van der Waals surface area (Å²) in [6.45, 7) is 8.48. The van der Waals surface area contributed by atoms with Gasteiger partial charge in [0.1, 0.15) is 5.75 Å². The van der Waals surface area contributed by atoms with Crippen LogP contribution in [0.2, 0.25) is 5.02 Å². The molecule has 0 aliphatic carbocycles. The Balaban J connectivity index is 1.50. The van der Waals surface area contributed by atoms with Gasteiger partial charge >= 0.3 is 0 Å². The van der Waals surface area contributed by atoms with E-state index in [2.05, 4.69) is 46.7 Å². The molecule has 6 nitrogen and oxygen atoms in total. The third-order valence-electron chi connectivity index (χ3n) is 6.72. The Bertz CT molecular complexity index is 1180. The molecule has 0 saturated carbocycles. The van der Waals surface area contributed by atoms with E-state index in [4.69, 9.17) is 16.3 Å². The first-order valence-corrected chi connectivity index (χ1v) is 13.8. The first-order chi connectivity index (χ1) is 18.7. The Kier molecular flexibility index (Phi) is 11.4. The number of hydrogen-bond donors (Lipinski definition) is 2. The molecule has 1 atom stereocenters. The average Bonchev–Trinajstić information content (AvgIpc) is 2.92. The van der Waals surface area contributed by atoms with Crippen molar-refractivity contribution in [2.75, 3.05) is 26.7 Å². The molecule has 7 heteroatoms. The summed E-state index contributed by atoms with van der Waals surface area (Å²) in [4.78, 5) is 27.7. The summed E-state index contributed by atoms with van der Waals surface area (Å²) >= 11 is 6.14. The smallest absolute Gasteiger partial charge is 0.220 e. The van der Waals surface area contributed by atoms with Gasteiger partial charge in [0.15, 0.2) is 0 Å². The van der Waals surface area contributed by atoms with Crippen molar-refractivity contribution in [3.63, 3.8) is 0 Å². The second kappa shape index (κ2) is 14.7. The van der Waals surface area contributed by atoms with Crippen LogP contribution in [-0.4, -0.2) is 43.5 Å². The molecule has 0 spiro atoms. The number of amides is 2. The van der Waals surface area contributed by atoms with E-state index in [9.17, 15) is 9.59 Å². The number of hydrogen-bond acceptors (Lipinski definition) is 4. The first kappa shape index (κ1) is 30.2. The Labute approximate surface area is 237 Å². The van der Waals surface area contributed by atoms with Crippen LogP contribution in [0.3, 0.4) is 0 Å². The summed E-state index contributed by atoms with van der Waals surface area (Å²) in [6.07, 6.45) is 0.540. The minimum absolute atomic E-state index is 0.0520. The maximum Gasteiger partial charge on any atom is 0.220 e. The lowest BCUT2D eigenvalue weighted by Crippen LogP contribution is -2.39. The molecule has 2 amide bonds. The number of methoxy groups -OCH3 is 1. The molecule has 2 N–H and O–H groups in total. The van der Waals surface area contributed by atoms with Crippen molar-refractivity contribution in [2.45, 2.75) is 46.2 Å². The fraction of sp³-hybridized carbons (Fsp3) is 0.375. The molecule has 0 saturated heterocycles. The maximum atomic E-state index is 12.8. The zero-order valence-corrected chi connectivity index (χ0v) is 24.1. The summed E-state index contributed by atoms with van der Waals surface area (Å²) in [5, 5.41) is 6.73. The average molecular weight is 550 g/mol. The summed E-state index contributed by atoms with van der Waals surface area (Å²) in [5.74, 6) is 0.649. The van der Waals surface area contributed by atoms with Gasteiger partial charge in [0.05, 0.1) is 13.2 Å². The minimum Gasteiger partial charge on any atom is -0.497 e. The number of ether oxygens (including phenoxy) is 1. The van der Waals surface area contributed by atoms with Crippen molar-refractivity contribution in [3.05, 3.63) is 101 Å². The SMILES string of the molecule is CCN(CCNC(=O)CC(C)(C)CC(=O)NCc1ccc(OC)cc1)C(c1ccccc1)c1ccc(Cl)cc1. The van der Waals surface area contributed by atoms with Crippen LogP contribution in [0.25, 0.3) is 0 Å². The predicted molar refractivity (Wildman–Crippen MR) is 158 cm³/mol. The highest BCUT2D eigenvalue weighted by Gasteiger charge is 2.26. The van der Waals surface area contributed by atoms with Crippen molar-refractivity contribution in [1.82, 2.24) is 15.5 Å². The lowest BCUT2D eigenvalue weighted by atomic mass is 9.85. The second-order valence-electron chi connectivity index (χ2n) is 10.5. The Morgan fingerprint density at radius 2 is 1.46 bits per heavy atom. The molecular weight excluding hydrogens is 510 g/mol. The van der Waals surface area contributed by atoms with E-state index in [0.717, 1.165) is 23.4 Å². The lowest BCUT2D eigenvalue weighted by Gasteiger charge is -2.32. The molecule has 0 radical (unpaired) electrons. The van der Waals surface area contributed by atoms with Gasteiger partial charge in [-0.3, -0.25) is 14.5 Å². The zero-order chi connectivity index (χ0) is 28.3. The van der Waals surface area contributed by atoms with Gasteiger partial charge in [0.2, 0.25) is 11.8 Å². The molecule has 3 aromatic rings. The van der Waals surface area contributed by atoms with Crippen molar-refractivity contribution in [2.24, 2.45) is 5.41 Å². The molecule has 3 rings (SSSR count). The predicted octanol–water partition coefficient (Wildman–Crippen LogP) is 6.00. The highest BCUT2D eigenvalue weighted by Crippen LogP contribution is 2.29. The molecule has 0 fully saturated rings. The normalized spacial score (nSPS) is 12.2. The third kappa shape index (κ3) is 9.72.